The second-order valence-electron chi connectivity index (χ2n) is 11.5. The Bertz CT molecular complexity index is 1280. The van der Waals surface area contributed by atoms with Crippen molar-refractivity contribution in [2.75, 3.05) is 31.3 Å². The standard InChI is InChI=1S/C29H33ClN2O7/c1-29(2,3)15-32-21-8-7-18(30)13-20(21)25(19-5-4-6-22-26(19)38-16-37-22)39-23(27(32)34)14-24(33)31-11-9-17(10-12-31)28(35)36/h4-8,13,17,23,25H,9-12,14-16H2,1-3H3,(H,35,36)/t23-,25-/m0/s1. The molecule has 2 amide bonds. The fourth-order valence-corrected chi connectivity index (χ4v) is 5.59. The number of piperidine rings is 1. The van der Waals surface area contributed by atoms with Gasteiger partial charge in [0, 0.05) is 41.5 Å². The van der Waals surface area contributed by atoms with Crippen LogP contribution in [0.3, 0.4) is 0 Å². The first-order valence-electron chi connectivity index (χ1n) is 13.2. The lowest BCUT2D eigenvalue weighted by Gasteiger charge is -2.33. The van der Waals surface area contributed by atoms with E-state index < -0.39 is 24.1 Å². The van der Waals surface area contributed by atoms with Gasteiger partial charge in [-0.2, -0.15) is 0 Å². The smallest absolute Gasteiger partial charge is 0.306 e. The maximum Gasteiger partial charge on any atom is 0.306 e. The van der Waals surface area contributed by atoms with Gasteiger partial charge >= 0.3 is 5.97 Å². The number of hydrogen-bond acceptors (Lipinski definition) is 6. The number of amides is 2. The Hall–Kier alpha value is -3.30. The van der Waals surface area contributed by atoms with Gasteiger partial charge in [0.25, 0.3) is 5.91 Å². The Morgan fingerprint density at radius 1 is 1.08 bits per heavy atom. The van der Waals surface area contributed by atoms with Crippen LogP contribution in [0.25, 0.3) is 0 Å². The van der Waals surface area contributed by atoms with Gasteiger partial charge in [-0.1, -0.05) is 44.5 Å². The van der Waals surface area contributed by atoms with E-state index in [9.17, 15) is 19.5 Å². The van der Waals surface area contributed by atoms with Crippen molar-refractivity contribution in [3.63, 3.8) is 0 Å². The molecular weight excluding hydrogens is 524 g/mol. The zero-order valence-corrected chi connectivity index (χ0v) is 23.1. The van der Waals surface area contributed by atoms with E-state index in [0.717, 1.165) is 0 Å². The summed E-state index contributed by atoms with van der Waals surface area (Å²) in [6.45, 7) is 7.27. The molecule has 208 valence electrons. The summed E-state index contributed by atoms with van der Waals surface area (Å²) in [5.74, 6) is -0.745. The topological polar surface area (TPSA) is 106 Å². The van der Waals surface area contributed by atoms with Crippen molar-refractivity contribution in [3.8, 4) is 11.5 Å². The summed E-state index contributed by atoms with van der Waals surface area (Å²) in [6.07, 6.45) is -1.22. The minimum atomic E-state index is -1.08. The third kappa shape index (κ3) is 5.70. The number of carbonyl (C=O) groups is 3. The molecule has 3 aliphatic heterocycles. The lowest BCUT2D eigenvalue weighted by atomic mass is 9.94. The second-order valence-corrected chi connectivity index (χ2v) is 11.9. The monoisotopic (exact) mass is 556 g/mol. The molecular formula is C29H33ClN2O7. The summed E-state index contributed by atoms with van der Waals surface area (Å²) in [7, 11) is 0. The molecule has 0 aliphatic carbocycles. The van der Waals surface area contributed by atoms with Crippen molar-refractivity contribution in [3.05, 3.63) is 52.5 Å². The van der Waals surface area contributed by atoms with Gasteiger partial charge in [-0.05, 0) is 42.5 Å². The summed E-state index contributed by atoms with van der Waals surface area (Å²) >= 11 is 6.46. The van der Waals surface area contributed by atoms with E-state index in [2.05, 4.69) is 0 Å². The molecule has 0 unspecified atom stereocenters. The van der Waals surface area contributed by atoms with Crippen LogP contribution in [0.1, 0.15) is 57.3 Å². The fraction of sp³-hybridized carbons (Fsp3) is 0.483. The largest absolute Gasteiger partial charge is 0.481 e. The van der Waals surface area contributed by atoms with Crippen LogP contribution < -0.4 is 14.4 Å². The number of carboxylic acid groups (broad SMARTS) is 1. The number of rotatable bonds is 5. The number of anilines is 1. The van der Waals surface area contributed by atoms with Crippen LogP contribution in [0.2, 0.25) is 5.02 Å². The molecule has 3 heterocycles. The summed E-state index contributed by atoms with van der Waals surface area (Å²) in [4.78, 5) is 42.2. The summed E-state index contributed by atoms with van der Waals surface area (Å²) in [5, 5.41) is 9.81. The van der Waals surface area contributed by atoms with Crippen molar-refractivity contribution in [2.24, 2.45) is 11.3 Å². The lowest BCUT2D eigenvalue weighted by molar-refractivity contribution is -0.148. The van der Waals surface area contributed by atoms with Crippen molar-refractivity contribution < 1.29 is 33.7 Å². The maximum atomic E-state index is 14.1. The normalized spacial score (nSPS) is 21.5. The number of likely N-dealkylation sites (tertiary alicyclic amines) is 1. The van der Waals surface area contributed by atoms with Crippen molar-refractivity contribution in [1.82, 2.24) is 4.90 Å². The molecule has 0 radical (unpaired) electrons. The molecule has 9 nitrogen and oxygen atoms in total. The molecule has 3 aliphatic rings. The van der Waals surface area contributed by atoms with Crippen LogP contribution in [0.5, 0.6) is 11.5 Å². The molecule has 0 aromatic heterocycles. The van der Waals surface area contributed by atoms with Gasteiger partial charge < -0.3 is 29.1 Å². The quantitative estimate of drug-likeness (QED) is 0.571. The highest BCUT2D eigenvalue weighted by Crippen LogP contribution is 2.47. The fourth-order valence-electron chi connectivity index (χ4n) is 5.41. The number of nitrogens with zero attached hydrogens (tertiary/aromatic N) is 2. The average molecular weight is 557 g/mol. The van der Waals surface area contributed by atoms with Crippen LogP contribution >= 0.6 is 11.6 Å². The van der Waals surface area contributed by atoms with Crippen molar-refractivity contribution in [2.45, 2.75) is 52.2 Å². The highest BCUT2D eigenvalue weighted by Gasteiger charge is 2.41. The van der Waals surface area contributed by atoms with Gasteiger partial charge in [-0.15, -0.1) is 0 Å². The van der Waals surface area contributed by atoms with Crippen LogP contribution in [0.4, 0.5) is 5.69 Å². The van der Waals surface area contributed by atoms with E-state index >= 15 is 0 Å². The summed E-state index contributed by atoms with van der Waals surface area (Å²) in [6, 6.07) is 10.9. The molecule has 10 heteroatoms. The molecule has 1 fully saturated rings. The predicted octanol–water partition coefficient (Wildman–Crippen LogP) is 4.65. The Morgan fingerprint density at radius 3 is 2.51 bits per heavy atom. The number of carbonyl (C=O) groups excluding carboxylic acids is 2. The number of halogens is 1. The van der Waals surface area contributed by atoms with Crippen LogP contribution in [0.15, 0.2) is 36.4 Å². The molecule has 0 spiro atoms. The van der Waals surface area contributed by atoms with E-state index in [0.29, 0.717) is 65.8 Å². The first-order valence-corrected chi connectivity index (χ1v) is 13.5. The molecule has 0 saturated carbocycles. The SMILES string of the molecule is CC(C)(C)CN1C(=O)[C@H](CC(=O)N2CCC(C(=O)O)CC2)O[C@@H](c2cccc3c2OCO3)c2cc(Cl)ccc21. The number of hydrogen-bond donors (Lipinski definition) is 1. The summed E-state index contributed by atoms with van der Waals surface area (Å²) < 4.78 is 17.9. The molecule has 2 aromatic rings. The van der Waals surface area contributed by atoms with Crippen molar-refractivity contribution in [1.29, 1.82) is 0 Å². The Labute approximate surface area is 232 Å². The highest BCUT2D eigenvalue weighted by molar-refractivity contribution is 6.30. The van der Waals surface area contributed by atoms with Gasteiger partial charge in [0.15, 0.2) is 11.5 Å². The zero-order valence-electron chi connectivity index (χ0n) is 22.3. The van der Waals surface area contributed by atoms with Crippen LogP contribution in [-0.4, -0.2) is 60.3 Å². The van der Waals surface area contributed by atoms with E-state index in [1.807, 2.05) is 39.0 Å². The van der Waals surface area contributed by atoms with Gasteiger partial charge in [-0.3, -0.25) is 14.4 Å². The van der Waals surface area contributed by atoms with E-state index in [4.69, 9.17) is 25.8 Å². The molecule has 2 aromatic carbocycles. The maximum absolute atomic E-state index is 14.1. The number of ether oxygens (including phenoxy) is 3. The van der Waals surface area contributed by atoms with Crippen LogP contribution in [-0.2, 0) is 19.1 Å². The van der Waals surface area contributed by atoms with Gasteiger partial charge in [-0.25, -0.2) is 0 Å². The summed E-state index contributed by atoms with van der Waals surface area (Å²) in [5.41, 5.74) is 1.79. The highest BCUT2D eigenvalue weighted by atomic mass is 35.5. The van der Waals surface area contributed by atoms with Gasteiger partial charge in [0.05, 0.1) is 12.3 Å². The number of aliphatic carboxylic acids is 1. The van der Waals surface area contributed by atoms with Gasteiger partial charge in [0.2, 0.25) is 12.7 Å². The molecule has 1 saturated heterocycles. The molecule has 1 N–H and O–H groups in total. The molecule has 0 bridgehead atoms. The lowest BCUT2D eigenvalue weighted by Crippen LogP contribution is -2.47. The number of para-hydroxylation sites is 1. The van der Waals surface area contributed by atoms with Crippen molar-refractivity contribution >= 4 is 35.1 Å². The molecule has 5 rings (SSSR count). The minimum Gasteiger partial charge on any atom is -0.481 e. The first kappa shape index (κ1) is 27.3. The Balaban J connectivity index is 1.53. The Morgan fingerprint density at radius 2 is 1.82 bits per heavy atom. The minimum absolute atomic E-state index is 0.0742. The Kier molecular flexibility index (Phi) is 7.48. The first-order chi connectivity index (χ1) is 18.5. The molecule has 39 heavy (non-hydrogen) atoms. The van der Waals surface area contributed by atoms with E-state index in [1.165, 1.54) is 0 Å². The molecule has 2 atom stereocenters. The van der Waals surface area contributed by atoms with E-state index in [-0.39, 0.29) is 30.4 Å². The number of benzene rings is 2. The predicted molar refractivity (Wildman–Crippen MR) is 144 cm³/mol. The average Bonchev–Trinajstić information content (AvgIpc) is 3.35. The van der Waals surface area contributed by atoms with Crippen LogP contribution in [0, 0.1) is 11.3 Å². The number of fused-ring (bicyclic) bond motifs is 2. The zero-order chi connectivity index (χ0) is 27.9. The third-order valence-corrected chi connectivity index (χ3v) is 7.54. The van der Waals surface area contributed by atoms with Gasteiger partial charge in [0.1, 0.15) is 12.2 Å². The van der Waals surface area contributed by atoms with E-state index in [1.54, 1.807) is 28.0 Å². The second kappa shape index (κ2) is 10.7. The third-order valence-electron chi connectivity index (χ3n) is 7.30. The number of carboxylic acids is 1.